The van der Waals surface area contributed by atoms with Crippen molar-refractivity contribution in [3.63, 3.8) is 0 Å². The molecule has 2 aromatic rings. The SMILES string of the molecule is Cc1ccc(N(C)C(=O)NCc2cccnc2)cc1. The van der Waals surface area contributed by atoms with Gasteiger partial charge in [0.2, 0.25) is 0 Å². The largest absolute Gasteiger partial charge is 0.334 e. The Kier molecular flexibility index (Phi) is 4.13. The van der Waals surface area contributed by atoms with Crippen LogP contribution in [0.5, 0.6) is 0 Å². The lowest BCUT2D eigenvalue weighted by Gasteiger charge is -2.18. The Morgan fingerprint density at radius 2 is 2.00 bits per heavy atom. The van der Waals surface area contributed by atoms with Gasteiger partial charge in [0.25, 0.3) is 0 Å². The second kappa shape index (κ2) is 6.00. The van der Waals surface area contributed by atoms with Crippen LogP contribution in [0.4, 0.5) is 10.5 Å². The first-order chi connectivity index (χ1) is 9.16. The molecule has 0 aliphatic carbocycles. The number of aryl methyl sites for hydroxylation is 1. The summed E-state index contributed by atoms with van der Waals surface area (Å²) in [6.45, 7) is 2.50. The van der Waals surface area contributed by atoms with Gasteiger partial charge in [-0.05, 0) is 30.7 Å². The molecule has 0 saturated carbocycles. The predicted molar refractivity (Wildman–Crippen MR) is 76.1 cm³/mol. The Labute approximate surface area is 113 Å². The molecule has 1 aromatic carbocycles. The number of nitrogens with zero attached hydrogens (tertiary/aromatic N) is 2. The van der Waals surface area contributed by atoms with E-state index in [2.05, 4.69) is 10.3 Å². The zero-order chi connectivity index (χ0) is 13.7. The molecule has 0 atom stereocenters. The highest BCUT2D eigenvalue weighted by Gasteiger charge is 2.09. The molecule has 0 aliphatic heterocycles. The van der Waals surface area contributed by atoms with Crippen molar-refractivity contribution in [2.75, 3.05) is 11.9 Å². The van der Waals surface area contributed by atoms with Gasteiger partial charge < -0.3 is 5.32 Å². The van der Waals surface area contributed by atoms with Crippen molar-refractivity contribution in [1.29, 1.82) is 0 Å². The van der Waals surface area contributed by atoms with Gasteiger partial charge in [-0.2, -0.15) is 0 Å². The third-order valence-corrected chi connectivity index (χ3v) is 2.89. The number of urea groups is 1. The molecule has 0 radical (unpaired) electrons. The smallest absolute Gasteiger partial charge is 0.321 e. The fourth-order valence-electron chi connectivity index (χ4n) is 1.68. The predicted octanol–water partition coefficient (Wildman–Crippen LogP) is 2.74. The normalized spacial score (nSPS) is 10.0. The van der Waals surface area contributed by atoms with Gasteiger partial charge in [0, 0.05) is 31.7 Å². The number of benzene rings is 1. The highest BCUT2D eigenvalue weighted by molar-refractivity contribution is 5.91. The molecule has 1 heterocycles. The summed E-state index contributed by atoms with van der Waals surface area (Å²) < 4.78 is 0. The van der Waals surface area contributed by atoms with E-state index in [1.807, 2.05) is 43.3 Å². The van der Waals surface area contributed by atoms with Gasteiger partial charge in [0.15, 0.2) is 0 Å². The molecule has 4 nitrogen and oxygen atoms in total. The molecule has 98 valence electrons. The van der Waals surface area contributed by atoms with Gasteiger partial charge in [-0.3, -0.25) is 9.88 Å². The summed E-state index contributed by atoms with van der Waals surface area (Å²) in [5.41, 5.74) is 3.02. The number of aromatic nitrogens is 1. The van der Waals surface area contributed by atoms with Crippen molar-refractivity contribution in [2.45, 2.75) is 13.5 Å². The van der Waals surface area contributed by atoms with Crippen LogP contribution in [0.3, 0.4) is 0 Å². The standard InChI is InChI=1S/C15H17N3O/c1-12-5-7-14(8-6-12)18(2)15(19)17-11-13-4-3-9-16-10-13/h3-10H,11H2,1-2H3,(H,17,19). The number of pyridine rings is 1. The summed E-state index contributed by atoms with van der Waals surface area (Å²) in [6.07, 6.45) is 3.45. The van der Waals surface area contributed by atoms with Crippen molar-refractivity contribution in [1.82, 2.24) is 10.3 Å². The van der Waals surface area contributed by atoms with Gasteiger partial charge in [-0.1, -0.05) is 23.8 Å². The van der Waals surface area contributed by atoms with Crippen LogP contribution in [0.1, 0.15) is 11.1 Å². The Bertz CT molecular complexity index is 537. The number of anilines is 1. The van der Waals surface area contributed by atoms with Crippen LogP contribution in [0.2, 0.25) is 0 Å². The summed E-state index contributed by atoms with van der Waals surface area (Å²) in [6, 6.07) is 11.5. The number of nitrogens with one attached hydrogen (secondary N) is 1. The maximum atomic E-state index is 12.0. The van der Waals surface area contributed by atoms with Gasteiger partial charge >= 0.3 is 6.03 Å². The summed E-state index contributed by atoms with van der Waals surface area (Å²) in [4.78, 5) is 17.6. The number of carbonyl (C=O) groups is 1. The van der Waals surface area contributed by atoms with E-state index < -0.39 is 0 Å². The Morgan fingerprint density at radius 3 is 2.63 bits per heavy atom. The fourth-order valence-corrected chi connectivity index (χ4v) is 1.68. The van der Waals surface area contributed by atoms with Gasteiger partial charge in [0.1, 0.15) is 0 Å². The molecular formula is C15H17N3O. The van der Waals surface area contributed by atoms with Crippen molar-refractivity contribution >= 4 is 11.7 Å². The van der Waals surface area contributed by atoms with E-state index in [0.29, 0.717) is 6.54 Å². The van der Waals surface area contributed by atoms with Crippen molar-refractivity contribution in [2.24, 2.45) is 0 Å². The Hall–Kier alpha value is -2.36. The number of hydrogen-bond donors (Lipinski definition) is 1. The average molecular weight is 255 g/mol. The zero-order valence-corrected chi connectivity index (χ0v) is 11.1. The molecule has 2 rings (SSSR count). The van der Waals surface area contributed by atoms with Gasteiger partial charge in [0.05, 0.1) is 0 Å². The maximum absolute atomic E-state index is 12.0. The van der Waals surface area contributed by atoms with E-state index >= 15 is 0 Å². The lowest BCUT2D eigenvalue weighted by atomic mass is 10.2. The molecule has 2 amide bonds. The average Bonchev–Trinajstić information content (AvgIpc) is 2.46. The van der Waals surface area contributed by atoms with E-state index in [0.717, 1.165) is 11.3 Å². The van der Waals surface area contributed by atoms with E-state index in [1.54, 1.807) is 24.3 Å². The number of rotatable bonds is 3. The van der Waals surface area contributed by atoms with Gasteiger partial charge in [-0.25, -0.2) is 4.79 Å². The molecule has 0 fully saturated rings. The number of hydrogen-bond acceptors (Lipinski definition) is 2. The molecular weight excluding hydrogens is 238 g/mol. The van der Waals surface area contributed by atoms with E-state index in [-0.39, 0.29) is 6.03 Å². The third-order valence-electron chi connectivity index (χ3n) is 2.89. The Morgan fingerprint density at radius 1 is 1.26 bits per heavy atom. The van der Waals surface area contributed by atoms with Crippen molar-refractivity contribution in [3.8, 4) is 0 Å². The maximum Gasteiger partial charge on any atom is 0.321 e. The minimum absolute atomic E-state index is 0.132. The molecule has 19 heavy (non-hydrogen) atoms. The van der Waals surface area contributed by atoms with E-state index in [1.165, 1.54) is 5.56 Å². The monoisotopic (exact) mass is 255 g/mol. The third kappa shape index (κ3) is 3.55. The molecule has 0 saturated heterocycles. The van der Waals surface area contributed by atoms with Crippen LogP contribution in [0, 0.1) is 6.92 Å². The van der Waals surface area contributed by atoms with Crippen LogP contribution >= 0.6 is 0 Å². The molecule has 0 unspecified atom stereocenters. The van der Waals surface area contributed by atoms with Crippen LogP contribution in [0.15, 0.2) is 48.8 Å². The summed E-state index contributed by atoms with van der Waals surface area (Å²) in [7, 11) is 1.75. The topological polar surface area (TPSA) is 45.2 Å². The molecule has 1 aromatic heterocycles. The van der Waals surface area contributed by atoms with E-state index in [9.17, 15) is 4.79 Å². The molecule has 1 N–H and O–H groups in total. The van der Waals surface area contributed by atoms with Crippen molar-refractivity contribution in [3.05, 3.63) is 59.9 Å². The summed E-state index contributed by atoms with van der Waals surface area (Å²) in [5.74, 6) is 0. The molecule has 0 aliphatic rings. The van der Waals surface area contributed by atoms with Crippen LogP contribution in [0.25, 0.3) is 0 Å². The minimum Gasteiger partial charge on any atom is -0.334 e. The first kappa shape index (κ1) is 13.1. The summed E-state index contributed by atoms with van der Waals surface area (Å²) in [5, 5.41) is 2.86. The lowest BCUT2D eigenvalue weighted by Crippen LogP contribution is -2.36. The number of amides is 2. The van der Waals surface area contributed by atoms with Crippen LogP contribution < -0.4 is 10.2 Å². The second-order valence-corrected chi connectivity index (χ2v) is 4.41. The van der Waals surface area contributed by atoms with Gasteiger partial charge in [-0.15, -0.1) is 0 Å². The minimum atomic E-state index is -0.132. The Balaban J connectivity index is 1.94. The first-order valence-corrected chi connectivity index (χ1v) is 6.14. The van der Waals surface area contributed by atoms with Crippen LogP contribution in [-0.2, 0) is 6.54 Å². The fraction of sp³-hybridized carbons (Fsp3) is 0.200. The first-order valence-electron chi connectivity index (χ1n) is 6.14. The highest BCUT2D eigenvalue weighted by Crippen LogP contribution is 2.13. The highest BCUT2D eigenvalue weighted by atomic mass is 16.2. The second-order valence-electron chi connectivity index (χ2n) is 4.41. The number of carbonyl (C=O) groups excluding carboxylic acids is 1. The molecule has 0 bridgehead atoms. The zero-order valence-electron chi connectivity index (χ0n) is 11.1. The molecule has 0 spiro atoms. The lowest BCUT2D eigenvalue weighted by molar-refractivity contribution is 0.247. The summed E-state index contributed by atoms with van der Waals surface area (Å²) >= 11 is 0. The van der Waals surface area contributed by atoms with Crippen molar-refractivity contribution < 1.29 is 4.79 Å². The van der Waals surface area contributed by atoms with Crippen LogP contribution in [-0.4, -0.2) is 18.1 Å². The molecule has 4 heteroatoms. The quantitative estimate of drug-likeness (QED) is 0.916. The van der Waals surface area contributed by atoms with E-state index in [4.69, 9.17) is 0 Å².